The van der Waals surface area contributed by atoms with Crippen LogP contribution in [-0.2, 0) is 6.54 Å². The fourth-order valence-corrected chi connectivity index (χ4v) is 2.17. The van der Waals surface area contributed by atoms with Gasteiger partial charge >= 0.3 is 0 Å². The first-order chi connectivity index (χ1) is 8.68. The summed E-state index contributed by atoms with van der Waals surface area (Å²) < 4.78 is 0. The van der Waals surface area contributed by atoms with E-state index in [0.717, 1.165) is 34.9 Å². The van der Waals surface area contributed by atoms with Crippen molar-refractivity contribution in [3.05, 3.63) is 41.0 Å². The minimum absolute atomic E-state index is 0.734. The van der Waals surface area contributed by atoms with Gasteiger partial charge in [0.1, 0.15) is 0 Å². The first kappa shape index (κ1) is 13.3. The van der Waals surface area contributed by atoms with Crippen molar-refractivity contribution in [3.63, 3.8) is 0 Å². The van der Waals surface area contributed by atoms with Crippen molar-refractivity contribution in [1.29, 1.82) is 0 Å². The molecule has 1 N–H and O–H groups in total. The van der Waals surface area contributed by atoms with Crippen molar-refractivity contribution in [2.45, 2.75) is 26.8 Å². The molecule has 3 heteroatoms. The molecule has 1 aromatic heterocycles. The highest BCUT2D eigenvalue weighted by molar-refractivity contribution is 6.35. The summed E-state index contributed by atoms with van der Waals surface area (Å²) in [5, 5.41) is 5.26. The first-order valence-corrected chi connectivity index (χ1v) is 6.79. The van der Waals surface area contributed by atoms with Crippen LogP contribution in [0, 0.1) is 5.92 Å². The molecule has 2 aromatic rings. The van der Waals surface area contributed by atoms with E-state index >= 15 is 0 Å². The average molecular weight is 263 g/mol. The van der Waals surface area contributed by atoms with Gasteiger partial charge in [-0.1, -0.05) is 31.5 Å². The number of benzene rings is 1. The van der Waals surface area contributed by atoms with Crippen molar-refractivity contribution < 1.29 is 0 Å². The number of nitrogens with one attached hydrogen (secondary N) is 1. The summed E-state index contributed by atoms with van der Waals surface area (Å²) in [6, 6.07) is 7.94. The second-order valence-electron chi connectivity index (χ2n) is 4.97. The van der Waals surface area contributed by atoms with Gasteiger partial charge in [-0.05, 0) is 42.6 Å². The molecule has 0 aliphatic heterocycles. The van der Waals surface area contributed by atoms with Crippen molar-refractivity contribution in [1.82, 2.24) is 10.3 Å². The number of pyridine rings is 1. The lowest BCUT2D eigenvalue weighted by atomic mass is 10.1. The van der Waals surface area contributed by atoms with Gasteiger partial charge in [-0.15, -0.1) is 0 Å². The topological polar surface area (TPSA) is 24.9 Å². The summed E-state index contributed by atoms with van der Waals surface area (Å²) in [4.78, 5) is 4.43. The van der Waals surface area contributed by atoms with Gasteiger partial charge in [0.15, 0.2) is 0 Å². The molecule has 0 unspecified atom stereocenters. The Balaban J connectivity index is 2.11. The summed E-state index contributed by atoms with van der Waals surface area (Å²) >= 11 is 6.17. The number of aromatic nitrogens is 1. The predicted molar refractivity (Wildman–Crippen MR) is 77.9 cm³/mol. The van der Waals surface area contributed by atoms with E-state index in [2.05, 4.69) is 30.2 Å². The molecule has 18 heavy (non-hydrogen) atoms. The molecule has 0 saturated carbocycles. The largest absolute Gasteiger partial charge is 0.313 e. The van der Waals surface area contributed by atoms with Crippen LogP contribution in [0.1, 0.15) is 25.8 Å². The third-order valence-corrected chi connectivity index (χ3v) is 3.34. The van der Waals surface area contributed by atoms with E-state index < -0.39 is 0 Å². The quantitative estimate of drug-likeness (QED) is 0.823. The van der Waals surface area contributed by atoms with Crippen LogP contribution in [0.3, 0.4) is 0 Å². The SMILES string of the molecule is CC(C)CCNCc1ccc(Cl)c2cccnc12. The van der Waals surface area contributed by atoms with Gasteiger partial charge in [0.05, 0.1) is 5.52 Å². The molecule has 2 nitrogen and oxygen atoms in total. The van der Waals surface area contributed by atoms with Crippen LogP contribution in [-0.4, -0.2) is 11.5 Å². The third-order valence-electron chi connectivity index (χ3n) is 3.01. The summed E-state index contributed by atoms with van der Waals surface area (Å²) in [6.07, 6.45) is 3.01. The Morgan fingerprint density at radius 3 is 2.89 bits per heavy atom. The molecular weight excluding hydrogens is 244 g/mol. The highest BCUT2D eigenvalue weighted by Gasteiger charge is 2.05. The molecule has 0 atom stereocenters. The zero-order valence-electron chi connectivity index (χ0n) is 10.9. The Labute approximate surface area is 113 Å². The second-order valence-corrected chi connectivity index (χ2v) is 5.37. The van der Waals surface area contributed by atoms with Crippen molar-refractivity contribution in [3.8, 4) is 0 Å². The minimum atomic E-state index is 0.734. The van der Waals surface area contributed by atoms with E-state index in [4.69, 9.17) is 11.6 Å². The molecular formula is C15H19ClN2. The normalized spacial score (nSPS) is 11.3. The fourth-order valence-electron chi connectivity index (χ4n) is 1.95. The smallest absolute Gasteiger partial charge is 0.0761 e. The second kappa shape index (κ2) is 6.17. The minimum Gasteiger partial charge on any atom is -0.313 e. The van der Waals surface area contributed by atoms with E-state index in [9.17, 15) is 0 Å². The highest BCUT2D eigenvalue weighted by atomic mass is 35.5. The predicted octanol–water partition coefficient (Wildman–Crippen LogP) is 4.02. The lowest BCUT2D eigenvalue weighted by Crippen LogP contribution is -2.16. The molecule has 96 valence electrons. The number of halogens is 1. The number of nitrogens with zero attached hydrogens (tertiary/aromatic N) is 1. The maximum Gasteiger partial charge on any atom is 0.0761 e. The molecule has 0 spiro atoms. The van der Waals surface area contributed by atoms with Crippen LogP contribution in [0.15, 0.2) is 30.5 Å². The third kappa shape index (κ3) is 3.21. The van der Waals surface area contributed by atoms with Gasteiger partial charge in [0.2, 0.25) is 0 Å². The zero-order valence-corrected chi connectivity index (χ0v) is 11.7. The lowest BCUT2D eigenvalue weighted by Gasteiger charge is -2.09. The number of rotatable bonds is 5. The Kier molecular flexibility index (Phi) is 4.56. The maximum atomic E-state index is 6.17. The Bertz CT molecular complexity index is 523. The summed E-state index contributed by atoms with van der Waals surface area (Å²) in [5.41, 5.74) is 2.21. The molecule has 0 saturated heterocycles. The van der Waals surface area contributed by atoms with E-state index in [1.165, 1.54) is 12.0 Å². The number of hydrogen-bond donors (Lipinski definition) is 1. The van der Waals surface area contributed by atoms with Crippen LogP contribution >= 0.6 is 11.6 Å². The van der Waals surface area contributed by atoms with Crippen molar-refractivity contribution >= 4 is 22.5 Å². The van der Waals surface area contributed by atoms with E-state index in [0.29, 0.717) is 0 Å². The van der Waals surface area contributed by atoms with Crippen LogP contribution < -0.4 is 5.32 Å². The van der Waals surface area contributed by atoms with Crippen LogP contribution in [0.4, 0.5) is 0 Å². The van der Waals surface area contributed by atoms with Crippen LogP contribution in [0.25, 0.3) is 10.9 Å². The summed E-state index contributed by atoms with van der Waals surface area (Å²) in [5.74, 6) is 0.734. The van der Waals surface area contributed by atoms with Gasteiger partial charge in [0.25, 0.3) is 0 Å². The Morgan fingerprint density at radius 1 is 1.28 bits per heavy atom. The average Bonchev–Trinajstić information content (AvgIpc) is 2.37. The standard InChI is InChI=1S/C15H19ClN2/c1-11(2)7-9-17-10-12-5-6-14(16)13-4-3-8-18-15(12)13/h3-6,8,11,17H,7,9-10H2,1-2H3. The van der Waals surface area contributed by atoms with Gasteiger partial charge in [0, 0.05) is 23.2 Å². The van der Waals surface area contributed by atoms with Gasteiger partial charge in [-0.25, -0.2) is 0 Å². The maximum absolute atomic E-state index is 6.17. The Hall–Kier alpha value is -1.12. The lowest BCUT2D eigenvalue weighted by molar-refractivity contribution is 0.538. The first-order valence-electron chi connectivity index (χ1n) is 6.41. The summed E-state index contributed by atoms with van der Waals surface area (Å²) in [6.45, 7) is 6.36. The van der Waals surface area contributed by atoms with E-state index in [1.807, 2.05) is 24.4 Å². The van der Waals surface area contributed by atoms with Crippen molar-refractivity contribution in [2.24, 2.45) is 5.92 Å². The van der Waals surface area contributed by atoms with Crippen LogP contribution in [0.5, 0.6) is 0 Å². The number of hydrogen-bond acceptors (Lipinski definition) is 2. The monoisotopic (exact) mass is 262 g/mol. The number of fused-ring (bicyclic) bond motifs is 1. The molecule has 2 rings (SSSR count). The van der Waals surface area contributed by atoms with Crippen molar-refractivity contribution in [2.75, 3.05) is 6.54 Å². The van der Waals surface area contributed by atoms with Gasteiger partial charge in [-0.2, -0.15) is 0 Å². The molecule has 0 radical (unpaired) electrons. The van der Waals surface area contributed by atoms with E-state index in [-0.39, 0.29) is 0 Å². The Morgan fingerprint density at radius 2 is 2.11 bits per heavy atom. The molecule has 0 fully saturated rings. The molecule has 1 aromatic carbocycles. The van der Waals surface area contributed by atoms with Crippen LogP contribution in [0.2, 0.25) is 5.02 Å². The van der Waals surface area contributed by atoms with Gasteiger partial charge in [-0.3, -0.25) is 4.98 Å². The molecule has 0 aliphatic carbocycles. The molecule has 0 aliphatic rings. The molecule has 0 bridgehead atoms. The highest BCUT2D eigenvalue weighted by Crippen LogP contribution is 2.24. The fraction of sp³-hybridized carbons (Fsp3) is 0.400. The van der Waals surface area contributed by atoms with Gasteiger partial charge < -0.3 is 5.32 Å². The molecule has 1 heterocycles. The molecule has 0 amide bonds. The summed E-state index contributed by atoms with van der Waals surface area (Å²) in [7, 11) is 0. The zero-order chi connectivity index (χ0) is 13.0. The van der Waals surface area contributed by atoms with E-state index in [1.54, 1.807) is 0 Å².